The van der Waals surface area contributed by atoms with E-state index in [1.54, 1.807) is 25.1 Å². The van der Waals surface area contributed by atoms with Gasteiger partial charge in [-0.3, -0.25) is 10.00 Å². The lowest BCUT2D eigenvalue weighted by atomic mass is 10.1. The molecule has 0 saturated carbocycles. The Morgan fingerprint density at radius 1 is 1.41 bits per heavy atom. The fraction of sp³-hybridized carbons (Fsp3) is 0.471. The summed E-state index contributed by atoms with van der Waals surface area (Å²) >= 11 is 0. The lowest BCUT2D eigenvalue weighted by Crippen LogP contribution is -2.36. The van der Waals surface area contributed by atoms with Crippen molar-refractivity contribution in [3.8, 4) is 11.4 Å². The average molecular weight is 382 g/mol. The summed E-state index contributed by atoms with van der Waals surface area (Å²) in [6.45, 7) is 1.96. The van der Waals surface area contributed by atoms with Crippen molar-refractivity contribution in [3.63, 3.8) is 0 Å². The maximum absolute atomic E-state index is 12.4. The first-order valence-corrected chi connectivity index (χ1v) is 8.62. The molecule has 0 spiro atoms. The van der Waals surface area contributed by atoms with E-state index >= 15 is 0 Å². The summed E-state index contributed by atoms with van der Waals surface area (Å²) in [5.41, 5.74) is 1.34. The molecule has 1 fully saturated rings. The van der Waals surface area contributed by atoms with E-state index in [1.165, 1.54) is 4.90 Å². The number of nitrogens with one attached hydrogen (secondary N) is 3. The first-order chi connectivity index (χ1) is 12.8. The van der Waals surface area contributed by atoms with Crippen molar-refractivity contribution < 1.29 is 18.0 Å². The summed E-state index contributed by atoms with van der Waals surface area (Å²) in [5, 5.41) is 12.3. The van der Waals surface area contributed by atoms with Gasteiger partial charge in [0.15, 0.2) is 5.82 Å². The molecule has 10 heteroatoms. The van der Waals surface area contributed by atoms with Crippen LogP contribution in [-0.2, 0) is 0 Å². The summed E-state index contributed by atoms with van der Waals surface area (Å²) in [4.78, 5) is 17.7. The number of rotatable bonds is 5. The number of amides is 2. The number of carbonyl (C=O) groups is 1. The zero-order valence-corrected chi connectivity index (χ0v) is 14.8. The van der Waals surface area contributed by atoms with Gasteiger partial charge in [0, 0.05) is 24.3 Å². The van der Waals surface area contributed by atoms with Gasteiger partial charge in [0.05, 0.1) is 6.54 Å². The van der Waals surface area contributed by atoms with Crippen molar-refractivity contribution in [2.75, 3.05) is 31.5 Å². The lowest BCUT2D eigenvalue weighted by molar-refractivity contribution is -0.143. The van der Waals surface area contributed by atoms with Crippen molar-refractivity contribution in [2.45, 2.75) is 19.5 Å². The quantitative estimate of drug-likeness (QED) is 0.742. The van der Waals surface area contributed by atoms with Crippen LogP contribution in [0.15, 0.2) is 24.3 Å². The van der Waals surface area contributed by atoms with E-state index in [4.69, 9.17) is 0 Å². The van der Waals surface area contributed by atoms with E-state index in [-0.39, 0.29) is 5.92 Å². The number of carbonyl (C=O) groups excluding carboxylic acids is 1. The second-order valence-electron chi connectivity index (χ2n) is 6.67. The molecule has 1 aromatic heterocycles. The molecule has 146 valence electrons. The summed E-state index contributed by atoms with van der Waals surface area (Å²) in [7, 11) is 0. The van der Waals surface area contributed by atoms with E-state index in [1.807, 2.05) is 6.07 Å². The highest BCUT2D eigenvalue weighted by atomic mass is 19.4. The van der Waals surface area contributed by atoms with Crippen molar-refractivity contribution in [1.29, 1.82) is 0 Å². The van der Waals surface area contributed by atoms with Gasteiger partial charge in [-0.25, -0.2) is 9.78 Å². The van der Waals surface area contributed by atoms with Crippen LogP contribution in [0, 0.1) is 12.8 Å². The molecule has 3 N–H and O–H groups in total. The second-order valence-corrected chi connectivity index (χ2v) is 6.67. The maximum Gasteiger partial charge on any atom is 0.401 e. The van der Waals surface area contributed by atoms with Crippen LogP contribution in [0.1, 0.15) is 12.2 Å². The van der Waals surface area contributed by atoms with Crippen molar-refractivity contribution in [1.82, 2.24) is 25.4 Å². The van der Waals surface area contributed by atoms with Gasteiger partial charge in [-0.2, -0.15) is 18.3 Å². The van der Waals surface area contributed by atoms with Gasteiger partial charge in [-0.05, 0) is 37.9 Å². The van der Waals surface area contributed by atoms with Crippen LogP contribution in [0.25, 0.3) is 11.4 Å². The third-order valence-electron chi connectivity index (χ3n) is 4.30. The number of halogens is 3. The fourth-order valence-corrected chi connectivity index (χ4v) is 3.10. The third kappa shape index (κ3) is 5.68. The van der Waals surface area contributed by atoms with Crippen LogP contribution in [0.2, 0.25) is 0 Å². The largest absolute Gasteiger partial charge is 0.401 e. The molecular weight excluding hydrogens is 361 g/mol. The van der Waals surface area contributed by atoms with Crippen LogP contribution in [0.5, 0.6) is 0 Å². The number of nitrogens with zero attached hydrogens (tertiary/aromatic N) is 3. The topological polar surface area (TPSA) is 85.9 Å². The number of urea groups is 1. The Balaban J connectivity index is 1.47. The number of hydrogen-bond acceptors (Lipinski definition) is 4. The molecular formula is C17H21F3N6O. The lowest BCUT2D eigenvalue weighted by Gasteiger charge is -2.18. The Morgan fingerprint density at radius 3 is 2.93 bits per heavy atom. The first kappa shape index (κ1) is 19.2. The van der Waals surface area contributed by atoms with E-state index in [0.29, 0.717) is 43.4 Å². The van der Waals surface area contributed by atoms with Crippen LogP contribution in [-0.4, -0.2) is 58.5 Å². The van der Waals surface area contributed by atoms with E-state index in [2.05, 4.69) is 25.8 Å². The molecule has 1 aromatic carbocycles. The third-order valence-corrected chi connectivity index (χ3v) is 4.30. The number of anilines is 1. The van der Waals surface area contributed by atoms with Crippen LogP contribution >= 0.6 is 0 Å². The number of aromatic amines is 1. The number of hydrogen-bond donors (Lipinski definition) is 3. The second kappa shape index (κ2) is 7.95. The molecule has 1 unspecified atom stereocenters. The molecule has 2 aromatic rings. The number of benzene rings is 1. The van der Waals surface area contributed by atoms with Gasteiger partial charge in [0.25, 0.3) is 0 Å². The Morgan fingerprint density at radius 2 is 2.22 bits per heavy atom. The monoisotopic (exact) mass is 382 g/mol. The number of aromatic nitrogens is 3. The summed E-state index contributed by atoms with van der Waals surface area (Å²) < 4.78 is 37.2. The van der Waals surface area contributed by atoms with Crippen LogP contribution < -0.4 is 10.6 Å². The van der Waals surface area contributed by atoms with Gasteiger partial charge >= 0.3 is 12.2 Å². The van der Waals surface area contributed by atoms with Crippen molar-refractivity contribution in [2.24, 2.45) is 5.92 Å². The minimum atomic E-state index is -4.19. The Labute approximate surface area is 154 Å². The van der Waals surface area contributed by atoms with Gasteiger partial charge in [-0.15, -0.1) is 0 Å². The summed E-state index contributed by atoms with van der Waals surface area (Å²) in [5.74, 6) is 1.24. The van der Waals surface area contributed by atoms with Gasteiger partial charge in [0.1, 0.15) is 5.82 Å². The zero-order chi connectivity index (χ0) is 19.4. The highest BCUT2D eigenvalue weighted by molar-refractivity contribution is 5.89. The minimum Gasteiger partial charge on any atom is -0.338 e. The molecule has 0 bridgehead atoms. The highest BCUT2D eigenvalue weighted by Gasteiger charge is 2.34. The van der Waals surface area contributed by atoms with Crippen LogP contribution in [0.4, 0.5) is 23.7 Å². The molecule has 0 aliphatic carbocycles. The van der Waals surface area contributed by atoms with E-state index < -0.39 is 18.8 Å². The number of H-pyrrole nitrogens is 1. The molecule has 1 saturated heterocycles. The molecule has 3 rings (SSSR count). The minimum absolute atomic E-state index is 0.0145. The molecule has 7 nitrogen and oxygen atoms in total. The number of aryl methyl sites for hydroxylation is 1. The predicted octanol–water partition coefficient (Wildman–Crippen LogP) is 2.79. The zero-order valence-electron chi connectivity index (χ0n) is 14.8. The van der Waals surface area contributed by atoms with E-state index in [0.717, 1.165) is 5.56 Å². The molecule has 0 radical (unpaired) electrons. The first-order valence-electron chi connectivity index (χ1n) is 8.62. The van der Waals surface area contributed by atoms with Gasteiger partial charge in [0.2, 0.25) is 0 Å². The normalized spacial score (nSPS) is 17.9. The molecule has 2 amide bonds. The average Bonchev–Trinajstić information content (AvgIpc) is 3.21. The summed E-state index contributed by atoms with van der Waals surface area (Å²) in [6.07, 6.45) is -3.55. The number of likely N-dealkylation sites (tertiary alicyclic amines) is 1. The van der Waals surface area contributed by atoms with Gasteiger partial charge in [-0.1, -0.05) is 12.1 Å². The summed E-state index contributed by atoms with van der Waals surface area (Å²) in [6, 6.07) is 6.71. The van der Waals surface area contributed by atoms with Crippen molar-refractivity contribution in [3.05, 3.63) is 30.1 Å². The van der Waals surface area contributed by atoms with Crippen LogP contribution in [0.3, 0.4) is 0 Å². The fourth-order valence-electron chi connectivity index (χ4n) is 3.10. The maximum atomic E-state index is 12.4. The van der Waals surface area contributed by atoms with E-state index in [9.17, 15) is 18.0 Å². The van der Waals surface area contributed by atoms with Crippen molar-refractivity contribution >= 4 is 11.7 Å². The molecule has 1 aliphatic rings. The highest BCUT2D eigenvalue weighted by Crippen LogP contribution is 2.22. The molecule has 27 heavy (non-hydrogen) atoms. The van der Waals surface area contributed by atoms with Gasteiger partial charge < -0.3 is 10.6 Å². The molecule has 1 atom stereocenters. The standard InChI is InChI=1S/C17H21F3N6O/c1-11-22-15(25-24-11)13-3-2-4-14(7-13)23-16(27)21-8-12-5-6-26(9-12)10-17(18,19)20/h2-4,7,12H,5-6,8-10H2,1H3,(H2,21,23,27)(H,22,24,25). The Kier molecular flexibility index (Phi) is 5.64. The Bertz CT molecular complexity index is 791. The predicted molar refractivity (Wildman–Crippen MR) is 94.2 cm³/mol. The molecule has 2 heterocycles. The number of alkyl halides is 3. The smallest absolute Gasteiger partial charge is 0.338 e. The Hall–Kier alpha value is -2.62. The SMILES string of the molecule is Cc1nc(-c2cccc(NC(=O)NCC3CCN(CC(F)(F)F)C3)c2)n[nH]1. The molecule has 1 aliphatic heterocycles.